The van der Waals surface area contributed by atoms with Crippen LogP contribution in [0.4, 0.5) is 0 Å². The number of esters is 5. The Hall–Kier alpha value is -4.18. The average molecular weight is 2130 g/mol. The molecule has 9 atom stereocenters. The summed E-state index contributed by atoms with van der Waals surface area (Å²) in [6, 6.07) is -1.33. The lowest BCUT2D eigenvalue weighted by atomic mass is 9.95. The summed E-state index contributed by atoms with van der Waals surface area (Å²) in [5, 5.41) is 9.24. The molecule has 0 spiro atoms. The van der Waals surface area contributed by atoms with Crippen LogP contribution in [0, 0.1) is 0 Å². The van der Waals surface area contributed by atoms with Gasteiger partial charge in [0.1, 0.15) is 42.7 Å². The largest absolute Gasteiger partial charge is 0.462 e. The van der Waals surface area contributed by atoms with Crippen LogP contribution in [0.5, 0.6) is 0 Å². The van der Waals surface area contributed by atoms with Gasteiger partial charge in [-0.1, -0.05) is 538 Å². The van der Waals surface area contributed by atoms with Crippen molar-refractivity contribution in [1.82, 2.24) is 16.0 Å². The van der Waals surface area contributed by atoms with Crippen molar-refractivity contribution in [1.29, 1.82) is 0 Å². The molecule has 0 unspecified atom stereocenters. The smallest absolute Gasteiger partial charge is 0.310 e. The lowest BCUT2D eigenvalue weighted by Crippen LogP contribution is -2.67. The SMILES string of the molecule is CCCCCCCCCCCCCC(=O)O[C@H](CCCCCCCCCCC)CC(=O)NCCO[C@H]1O[C@H](CO[Si](C)(C)C(C)(C)C)[C@@H](OCCNC(=O)C[C@@H](CCCCCCCCCCC)OC(=O)CCCCCCCCCCCCC)[C@H](OC(=O)C[C@@H](CCCCCCCCCCC)OC(=O)CCCCCCCCCCCCC)[C@@H]1NC(=O)C[C@@H](CCCCCCCCCCC)OC(=O)CCCCCCCCCCCCC. The molecule has 1 heterocycles. The number of ether oxygens (including phenoxy) is 8. The van der Waals surface area contributed by atoms with E-state index in [4.69, 9.17) is 42.3 Å². The van der Waals surface area contributed by atoms with E-state index in [1.54, 1.807) is 0 Å². The van der Waals surface area contributed by atoms with Crippen LogP contribution in [0.2, 0.25) is 18.1 Å². The van der Waals surface area contributed by atoms with Crippen LogP contribution >= 0.6 is 0 Å². The van der Waals surface area contributed by atoms with Gasteiger partial charge in [-0.15, -0.1) is 0 Å². The molecule has 3 amide bonds. The number of hydrogen-bond acceptors (Lipinski definition) is 17. The zero-order valence-electron chi connectivity index (χ0n) is 100. The summed E-state index contributed by atoms with van der Waals surface area (Å²) in [7, 11) is -2.66. The van der Waals surface area contributed by atoms with Crippen molar-refractivity contribution in [3.8, 4) is 0 Å². The van der Waals surface area contributed by atoms with Crippen LogP contribution in [0.3, 0.4) is 0 Å². The summed E-state index contributed by atoms with van der Waals surface area (Å²) in [6.07, 6.45) is 85.2. The van der Waals surface area contributed by atoms with Crippen molar-refractivity contribution in [2.75, 3.05) is 32.9 Å². The molecular weight excluding hydrogens is 1880 g/mol. The third-order valence-electron chi connectivity index (χ3n) is 31.4. The number of nitrogens with one attached hydrogen (secondary N) is 3. The minimum atomic E-state index is -2.66. The first kappa shape index (κ1) is 143. The first-order chi connectivity index (χ1) is 72.5. The molecule has 1 aliphatic rings. The fourth-order valence-electron chi connectivity index (χ4n) is 20.6. The average Bonchev–Trinajstić information content (AvgIpc) is 0.778. The van der Waals surface area contributed by atoms with Gasteiger partial charge >= 0.3 is 29.8 Å². The maximum Gasteiger partial charge on any atom is 0.310 e. The second-order valence-electron chi connectivity index (χ2n) is 46.9. The van der Waals surface area contributed by atoms with Crippen LogP contribution < -0.4 is 16.0 Å². The Morgan fingerprint density at radius 3 is 0.718 bits per heavy atom. The summed E-state index contributed by atoms with van der Waals surface area (Å²) in [4.78, 5) is 117. The van der Waals surface area contributed by atoms with Crippen LogP contribution in [0.1, 0.15) is 667 Å². The van der Waals surface area contributed by atoms with E-state index in [-0.39, 0.29) is 112 Å². The Bertz CT molecular complexity index is 3040. The zero-order chi connectivity index (χ0) is 109. The number of amides is 3. The van der Waals surface area contributed by atoms with Crippen molar-refractivity contribution < 1.29 is 80.7 Å². The Morgan fingerprint density at radius 1 is 0.262 bits per heavy atom. The highest BCUT2D eigenvalue weighted by atomic mass is 28.4. The summed E-state index contributed by atoms with van der Waals surface area (Å²) >= 11 is 0. The van der Waals surface area contributed by atoms with Gasteiger partial charge in [-0.05, 0) is 95.2 Å². The van der Waals surface area contributed by atoms with Gasteiger partial charge in [-0.2, -0.15) is 0 Å². The van der Waals surface area contributed by atoms with Crippen molar-refractivity contribution in [3.63, 3.8) is 0 Å². The van der Waals surface area contributed by atoms with Gasteiger partial charge in [0, 0.05) is 38.8 Å². The lowest BCUT2D eigenvalue weighted by Gasteiger charge is -2.47. The van der Waals surface area contributed by atoms with E-state index in [2.05, 4.69) is 105 Å². The first-order valence-corrected chi connectivity index (χ1v) is 67.7. The van der Waals surface area contributed by atoms with Crippen LogP contribution in [-0.2, 0) is 80.7 Å². The van der Waals surface area contributed by atoms with Gasteiger partial charge in [0.2, 0.25) is 17.7 Å². The molecule has 149 heavy (non-hydrogen) atoms. The molecular formula is C128H245N3O17Si. The maximum atomic E-state index is 15.8. The third-order valence-corrected chi connectivity index (χ3v) is 35.9. The van der Waals surface area contributed by atoms with Gasteiger partial charge in [0.25, 0.3) is 0 Å². The molecule has 1 rings (SSSR count). The molecule has 0 bridgehead atoms. The monoisotopic (exact) mass is 2120 g/mol. The van der Waals surface area contributed by atoms with E-state index in [1.807, 2.05) is 0 Å². The number of rotatable bonds is 113. The quantitative estimate of drug-likeness (QED) is 0.0221. The molecule has 1 fully saturated rings. The predicted molar refractivity (Wildman–Crippen MR) is 625 cm³/mol. The molecule has 21 heteroatoms. The Balaban J connectivity index is 4.37. The molecule has 1 saturated heterocycles. The van der Waals surface area contributed by atoms with E-state index in [1.165, 1.54) is 295 Å². The van der Waals surface area contributed by atoms with Gasteiger partial charge in [-0.25, -0.2) is 0 Å². The second kappa shape index (κ2) is 104. The van der Waals surface area contributed by atoms with Gasteiger partial charge in [-0.3, -0.25) is 38.4 Å². The molecule has 0 aromatic heterocycles. The Labute approximate surface area is 920 Å². The Morgan fingerprint density at radius 2 is 0.477 bits per heavy atom. The number of hydrogen-bond donors (Lipinski definition) is 3. The first-order valence-electron chi connectivity index (χ1n) is 64.8. The molecule has 20 nitrogen and oxygen atoms in total. The topological polar surface area (TPSA) is 256 Å². The van der Waals surface area contributed by atoms with Crippen LogP contribution in [-0.4, -0.2) is 144 Å². The molecule has 878 valence electrons. The normalized spacial score (nSPS) is 15.7. The molecule has 0 aromatic carbocycles. The zero-order valence-corrected chi connectivity index (χ0v) is 101. The highest BCUT2D eigenvalue weighted by molar-refractivity contribution is 6.74. The van der Waals surface area contributed by atoms with Gasteiger partial charge in [0.15, 0.2) is 20.7 Å². The molecule has 0 saturated carbocycles. The van der Waals surface area contributed by atoms with Crippen molar-refractivity contribution in [2.45, 2.75) is 740 Å². The summed E-state index contributed by atoms with van der Waals surface area (Å²) in [6.45, 7) is 28.4. The highest BCUT2D eigenvalue weighted by Gasteiger charge is 2.52. The number of carbonyl (C=O) groups excluding carboxylic acids is 8. The van der Waals surface area contributed by atoms with E-state index in [9.17, 15) is 28.8 Å². The predicted octanol–water partition coefficient (Wildman–Crippen LogP) is 36.5. The van der Waals surface area contributed by atoms with Crippen molar-refractivity contribution >= 4 is 55.9 Å². The van der Waals surface area contributed by atoms with Crippen LogP contribution in [0.25, 0.3) is 0 Å². The fourth-order valence-corrected chi connectivity index (χ4v) is 21.6. The molecule has 1 aliphatic heterocycles. The number of unbranched alkanes of at least 4 members (excludes halogenated alkanes) is 72. The van der Waals surface area contributed by atoms with Crippen LogP contribution in [0.15, 0.2) is 0 Å². The number of carbonyl (C=O) groups is 8. The molecule has 0 aliphatic carbocycles. The van der Waals surface area contributed by atoms with E-state index < -0.39 is 75.3 Å². The summed E-state index contributed by atoms with van der Waals surface area (Å²) in [5.41, 5.74) is 0. The lowest BCUT2D eigenvalue weighted by molar-refractivity contribution is -0.280. The van der Waals surface area contributed by atoms with Gasteiger partial charge < -0.3 is 58.3 Å². The maximum absolute atomic E-state index is 15.8. The standard InChI is InChI=1S/C128H245N3O17Si/c1-14-22-30-38-46-54-58-66-74-82-90-98-119(135)143-111(94-86-78-70-62-50-42-34-26-18-5)106-116(132)129-102-104-140-125-115(110-142-149(12,13)128(9,10)11)147-127(141-105-103-130-117(133)107-112(95-87-79-71-63-51-43-35-27-19-6)144-120(136)99-91-83-75-67-59-55-47-39-31-23-15-2)124(131-118(134)108-113(96-88-80-72-64-52-44-36-28-20-7)145-121(137)100-92-84-76-68-60-56-48-40-32-24-16-3)126(125)148-123(139)109-114(97-89-81-73-65-53-45-37-29-21-8)146-122(138)101-93-85-77-69-61-57-49-41-33-25-17-4/h111-115,124-127H,14-110H2,1-13H3,(H,129,132)(H,130,133)(H,131,134)/t111-,112-,113-,114-,115-,124+,125-,126-,127+/m1/s1. The molecule has 0 aromatic rings. The summed E-state index contributed by atoms with van der Waals surface area (Å²) in [5.74, 6) is -3.06. The van der Waals surface area contributed by atoms with E-state index in [0.29, 0.717) is 51.4 Å². The van der Waals surface area contributed by atoms with E-state index >= 15 is 9.59 Å². The van der Waals surface area contributed by atoms with Crippen molar-refractivity contribution in [3.05, 3.63) is 0 Å². The molecule has 3 N–H and O–H groups in total. The minimum absolute atomic E-state index is 0.000455. The van der Waals surface area contributed by atoms with Gasteiger partial charge in [0.05, 0.1) is 45.5 Å². The molecule has 0 radical (unpaired) electrons. The van der Waals surface area contributed by atoms with E-state index in [0.717, 1.165) is 205 Å². The van der Waals surface area contributed by atoms with Crippen molar-refractivity contribution in [2.24, 2.45) is 0 Å². The second-order valence-corrected chi connectivity index (χ2v) is 51.8. The summed E-state index contributed by atoms with van der Waals surface area (Å²) < 4.78 is 61.0. The highest BCUT2D eigenvalue weighted by Crippen LogP contribution is 2.39. The fraction of sp³-hybridized carbons (Fsp3) is 0.938. The minimum Gasteiger partial charge on any atom is -0.462 e. The third kappa shape index (κ3) is 88.5. The Kier molecular flexibility index (Phi) is 99.8.